The first-order valence-corrected chi connectivity index (χ1v) is 9.57. The number of hydrogen-bond acceptors (Lipinski definition) is 5. The van der Waals surface area contributed by atoms with Crippen molar-refractivity contribution >= 4 is 38.4 Å². The summed E-state index contributed by atoms with van der Waals surface area (Å²) < 4.78 is 13.4. The highest BCUT2D eigenvalue weighted by molar-refractivity contribution is 9.10. The molecule has 2 aromatic carbocycles. The molecule has 2 aromatic heterocycles. The minimum Gasteiger partial charge on any atom is -0.497 e. The summed E-state index contributed by atoms with van der Waals surface area (Å²) in [5.74, 6) is 1.13. The van der Waals surface area contributed by atoms with Crippen LogP contribution in [0.15, 0.2) is 71.5 Å². The zero-order chi connectivity index (χ0) is 20.2. The monoisotopic (exact) mass is 452 g/mol. The number of benzene rings is 2. The van der Waals surface area contributed by atoms with E-state index >= 15 is 0 Å². The zero-order valence-electron chi connectivity index (χ0n) is 15.5. The molecule has 29 heavy (non-hydrogen) atoms. The molecule has 1 N–H and O–H groups in total. The van der Waals surface area contributed by atoms with Crippen molar-refractivity contribution in [1.29, 1.82) is 0 Å². The Morgan fingerprint density at radius 3 is 2.69 bits per heavy atom. The highest BCUT2D eigenvalue weighted by Crippen LogP contribution is 2.22. The fourth-order valence-electron chi connectivity index (χ4n) is 2.72. The van der Waals surface area contributed by atoms with Crippen molar-refractivity contribution in [2.45, 2.75) is 6.73 Å². The van der Waals surface area contributed by atoms with Gasteiger partial charge in [-0.3, -0.25) is 9.78 Å². The molecule has 0 aliphatic heterocycles. The molecular formula is C21H17BrN4O3. The Kier molecular flexibility index (Phi) is 5.44. The Bertz CT molecular complexity index is 1160. The molecule has 7 nitrogen and oxygen atoms in total. The van der Waals surface area contributed by atoms with E-state index < -0.39 is 0 Å². The van der Waals surface area contributed by atoms with Gasteiger partial charge in [0.25, 0.3) is 5.91 Å². The summed E-state index contributed by atoms with van der Waals surface area (Å²) in [6.07, 6.45) is 3.30. The molecule has 0 atom stereocenters. The summed E-state index contributed by atoms with van der Waals surface area (Å²) in [6, 6.07) is 16.6. The van der Waals surface area contributed by atoms with E-state index in [1.807, 2.05) is 48.5 Å². The molecule has 0 unspecified atom stereocenters. The molecule has 146 valence electrons. The summed E-state index contributed by atoms with van der Waals surface area (Å²) in [6.45, 7) is 0.203. The third kappa shape index (κ3) is 4.55. The van der Waals surface area contributed by atoms with E-state index in [0.29, 0.717) is 17.1 Å². The number of ether oxygens (including phenoxy) is 2. The van der Waals surface area contributed by atoms with E-state index in [4.69, 9.17) is 9.47 Å². The predicted molar refractivity (Wildman–Crippen MR) is 113 cm³/mol. The molecule has 2 heterocycles. The molecule has 0 saturated heterocycles. The number of pyridine rings is 1. The van der Waals surface area contributed by atoms with Gasteiger partial charge >= 0.3 is 0 Å². The molecular weight excluding hydrogens is 436 g/mol. The molecule has 0 bridgehead atoms. The van der Waals surface area contributed by atoms with Crippen LogP contribution in [0.5, 0.6) is 11.5 Å². The van der Waals surface area contributed by atoms with Crippen LogP contribution >= 0.6 is 15.9 Å². The molecule has 0 saturated carbocycles. The smallest absolute Gasteiger partial charge is 0.276 e. The minimum absolute atomic E-state index is 0.203. The highest BCUT2D eigenvalue weighted by Gasteiger charge is 2.11. The van der Waals surface area contributed by atoms with Crippen molar-refractivity contribution in [1.82, 2.24) is 14.8 Å². The lowest BCUT2D eigenvalue weighted by Crippen LogP contribution is -2.14. The molecule has 4 aromatic rings. The van der Waals surface area contributed by atoms with E-state index in [-0.39, 0.29) is 12.6 Å². The van der Waals surface area contributed by atoms with Crippen molar-refractivity contribution in [3.05, 3.63) is 77.2 Å². The maximum atomic E-state index is 12.5. The number of anilines is 1. The first-order chi connectivity index (χ1) is 14.1. The average Bonchev–Trinajstić information content (AvgIpc) is 3.22. The van der Waals surface area contributed by atoms with E-state index in [2.05, 4.69) is 31.3 Å². The number of fused-ring (bicyclic) bond motifs is 1. The SMILES string of the molecule is COc1ccc2cc(NC(=O)c3ccn(COc4ccc(Br)cc4)n3)cnc2c1. The molecule has 8 heteroatoms. The first-order valence-electron chi connectivity index (χ1n) is 8.78. The normalized spacial score (nSPS) is 10.7. The van der Waals surface area contributed by atoms with Crippen molar-refractivity contribution < 1.29 is 14.3 Å². The third-order valence-corrected chi connectivity index (χ3v) is 4.73. The van der Waals surface area contributed by atoms with Gasteiger partial charge in [-0.05, 0) is 48.5 Å². The Balaban J connectivity index is 1.41. The number of hydrogen-bond donors (Lipinski definition) is 1. The molecule has 1 amide bonds. The van der Waals surface area contributed by atoms with Gasteiger partial charge in [-0.15, -0.1) is 0 Å². The van der Waals surface area contributed by atoms with Crippen LogP contribution in [0, 0.1) is 0 Å². The first kappa shape index (κ1) is 18.9. The van der Waals surface area contributed by atoms with Crippen LogP contribution in [0.3, 0.4) is 0 Å². The second-order valence-electron chi connectivity index (χ2n) is 6.20. The second kappa shape index (κ2) is 8.32. The topological polar surface area (TPSA) is 78.3 Å². The number of amides is 1. The van der Waals surface area contributed by atoms with Gasteiger partial charge in [0, 0.05) is 22.1 Å². The van der Waals surface area contributed by atoms with Gasteiger partial charge < -0.3 is 14.8 Å². The average molecular weight is 453 g/mol. The quantitative estimate of drug-likeness (QED) is 0.466. The lowest BCUT2D eigenvalue weighted by atomic mass is 10.2. The molecule has 0 aliphatic carbocycles. The van der Waals surface area contributed by atoms with Crippen molar-refractivity contribution in [3.63, 3.8) is 0 Å². The van der Waals surface area contributed by atoms with Crippen LogP contribution in [0.25, 0.3) is 10.9 Å². The fourth-order valence-corrected chi connectivity index (χ4v) is 2.98. The van der Waals surface area contributed by atoms with E-state index in [9.17, 15) is 4.79 Å². The number of carbonyl (C=O) groups excluding carboxylic acids is 1. The van der Waals surface area contributed by atoms with Crippen LogP contribution in [-0.4, -0.2) is 27.8 Å². The van der Waals surface area contributed by atoms with E-state index in [0.717, 1.165) is 21.1 Å². The van der Waals surface area contributed by atoms with Crippen LogP contribution in [0.2, 0.25) is 0 Å². The minimum atomic E-state index is -0.318. The van der Waals surface area contributed by atoms with Gasteiger partial charge in [0.1, 0.15) is 11.5 Å². The highest BCUT2D eigenvalue weighted by atomic mass is 79.9. The summed E-state index contributed by atoms with van der Waals surface area (Å²) in [5, 5.41) is 7.98. The fraction of sp³-hybridized carbons (Fsp3) is 0.0952. The second-order valence-corrected chi connectivity index (χ2v) is 7.12. The predicted octanol–water partition coefficient (Wildman–Crippen LogP) is 4.49. The summed E-state index contributed by atoms with van der Waals surface area (Å²) in [5.41, 5.74) is 1.67. The van der Waals surface area contributed by atoms with Gasteiger partial charge in [-0.25, -0.2) is 4.68 Å². The molecule has 0 fully saturated rings. The summed E-state index contributed by atoms with van der Waals surface area (Å²) >= 11 is 3.38. The summed E-state index contributed by atoms with van der Waals surface area (Å²) in [4.78, 5) is 16.9. The van der Waals surface area contributed by atoms with Gasteiger partial charge in [-0.2, -0.15) is 5.10 Å². The number of carbonyl (C=O) groups is 1. The Morgan fingerprint density at radius 1 is 1.10 bits per heavy atom. The van der Waals surface area contributed by atoms with Crippen molar-refractivity contribution in [2.75, 3.05) is 12.4 Å². The van der Waals surface area contributed by atoms with Crippen LogP contribution in [0.4, 0.5) is 5.69 Å². The van der Waals surface area contributed by atoms with E-state index in [1.54, 1.807) is 30.3 Å². The maximum Gasteiger partial charge on any atom is 0.276 e. The molecule has 0 spiro atoms. The third-order valence-electron chi connectivity index (χ3n) is 4.20. The van der Waals surface area contributed by atoms with Gasteiger partial charge in [-0.1, -0.05) is 15.9 Å². The van der Waals surface area contributed by atoms with Crippen LogP contribution in [0.1, 0.15) is 10.5 Å². The molecule has 4 rings (SSSR count). The van der Waals surface area contributed by atoms with Crippen molar-refractivity contribution in [3.8, 4) is 11.5 Å². The lowest BCUT2D eigenvalue weighted by Gasteiger charge is -2.07. The number of methoxy groups -OCH3 is 1. The zero-order valence-corrected chi connectivity index (χ0v) is 17.1. The van der Waals surface area contributed by atoms with E-state index in [1.165, 1.54) is 0 Å². The lowest BCUT2D eigenvalue weighted by molar-refractivity contribution is 0.102. The number of halogens is 1. The standard InChI is InChI=1S/C21H17BrN4O3/c1-28-18-5-2-14-10-16(12-23-20(14)11-18)24-21(27)19-8-9-26(25-19)13-29-17-6-3-15(22)4-7-17/h2-12H,13H2,1H3,(H,24,27). The Morgan fingerprint density at radius 2 is 1.90 bits per heavy atom. The van der Waals surface area contributed by atoms with Crippen LogP contribution < -0.4 is 14.8 Å². The Hall–Kier alpha value is -3.39. The number of aromatic nitrogens is 3. The summed E-state index contributed by atoms with van der Waals surface area (Å²) in [7, 11) is 1.61. The molecule has 0 aliphatic rings. The largest absolute Gasteiger partial charge is 0.497 e. The van der Waals surface area contributed by atoms with Gasteiger partial charge in [0.2, 0.25) is 0 Å². The van der Waals surface area contributed by atoms with Gasteiger partial charge in [0.15, 0.2) is 12.4 Å². The number of rotatable bonds is 6. The number of nitrogens with zero attached hydrogens (tertiary/aromatic N) is 3. The van der Waals surface area contributed by atoms with Gasteiger partial charge in [0.05, 0.1) is 24.5 Å². The number of nitrogens with one attached hydrogen (secondary N) is 1. The van der Waals surface area contributed by atoms with Crippen molar-refractivity contribution in [2.24, 2.45) is 0 Å². The Labute approximate surface area is 175 Å². The molecule has 0 radical (unpaired) electrons. The maximum absolute atomic E-state index is 12.5. The van der Waals surface area contributed by atoms with Crippen LogP contribution in [-0.2, 0) is 6.73 Å².